The summed E-state index contributed by atoms with van der Waals surface area (Å²) in [6, 6.07) is 0. The first-order valence-electron chi connectivity index (χ1n) is 6.95. The van der Waals surface area contributed by atoms with Crippen molar-refractivity contribution in [2.45, 2.75) is 77.0 Å². The third-order valence-corrected chi connectivity index (χ3v) is 3.20. The van der Waals surface area contributed by atoms with E-state index in [1.54, 1.807) is 0 Å². The Hall–Kier alpha value is 0.584. The molecule has 95 valence electrons. The van der Waals surface area contributed by atoms with Crippen molar-refractivity contribution in [2.24, 2.45) is 0 Å². The van der Waals surface area contributed by atoms with Crippen molar-refractivity contribution in [2.75, 3.05) is 0 Å². The standard InChI is InChI=1S/3C5H9.V/c3*1-2-4-5-3-1;/h3*1H,2-5H2;/q3*-1;. The normalized spacial score (nSPS) is 22.5. The van der Waals surface area contributed by atoms with Crippen molar-refractivity contribution in [3.63, 3.8) is 0 Å². The summed E-state index contributed by atoms with van der Waals surface area (Å²) in [5, 5.41) is 0. The van der Waals surface area contributed by atoms with E-state index in [1.807, 2.05) is 0 Å². The molecule has 0 aromatic rings. The molecule has 0 amide bonds. The first-order valence-corrected chi connectivity index (χ1v) is 6.95. The second kappa shape index (κ2) is 13.6. The summed E-state index contributed by atoms with van der Waals surface area (Å²) in [6.07, 6.45) is 24.0. The van der Waals surface area contributed by atoms with Gasteiger partial charge in [0, 0.05) is 18.6 Å². The maximum absolute atomic E-state index is 2.36. The molecular weight excluding hydrogens is 231 g/mol. The van der Waals surface area contributed by atoms with Crippen molar-refractivity contribution in [1.82, 2.24) is 0 Å². The molecule has 0 N–H and O–H groups in total. The smallest absolute Gasteiger partial charge is 0 e. The topological polar surface area (TPSA) is 0 Å². The van der Waals surface area contributed by atoms with Crippen LogP contribution >= 0.6 is 0 Å². The summed E-state index contributed by atoms with van der Waals surface area (Å²) >= 11 is 0. The molecule has 1 radical (unpaired) electrons. The maximum atomic E-state index is 2.36. The second-order valence-electron chi connectivity index (χ2n) is 4.72. The van der Waals surface area contributed by atoms with Gasteiger partial charge in [0.15, 0.2) is 0 Å². The Kier molecular flexibility index (Phi) is 14.1. The van der Waals surface area contributed by atoms with Crippen LogP contribution in [-0.2, 0) is 18.6 Å². The molecule has 0 saturated heterocycles. The van der Waals surface area contributed by atoms with Gasteiger partial charge in [0.25, 0.3) is 0 Å². The second-order valence-corrected chi connectivity index (χ2v) is 4.72. The Morgan fingerprint density at radius 3 is 0.625 bits per heavy atom. The zero-order chi connectivity index (χ0) is 10.6. The summed E-state index contributed by atoms with van der Waals surface area (Å²) in [5.74, 6) is 0. The minimum absolute atomic E-state index is 0. The number of hydrogen-bond acceptors (Lipinski definition) is 0. The number of rotatable bonds is 0. The van der Waals surface area contributed by atoms with Gasteiger partial charge in [-0.25, -0.2) is 0 Å². The van der Waals surface area contributed by atoms with Crippen molar-refractivity contribution < 1.29 is 18.6 Å². The predicted octanol–water partition coefficient (Wildman–Crippen LogP) is 5.29. The van der Waals surface area contributed by atoms with E-state index in [4.69, 9.17) is 0 Å². The molecule has 3 saturated carbocycles. The first kappa shape index (κ1) is 16.6. The molecule has 3 fully saturated rings. The molecule has 3 aliphatic rings. The minimum Gasteiger partial charge on any atom is -0.328 e. The Balaban J connectivity index is 0.000000205. The summed E-state index contributed by atoms with van der Waals surface area (Å²) in [5.41, 5.74) is 0. The molecule has 0 aromatic heterocycles. The molecule has 0 bridgehead atoms. The van der Waals surface area contributed by atoms with Crippen LogP contribution in [0.2, 0.25) is 0 Å². The molecule has 0 unspecified atom stereocenters. The first-order chi connectivity index (χ1) is 7.50. The van der Waals surface area contributed by atoms with E-state index in [0.29, 0.717) is 0 Å². The molecule has 0 aliphatic heterocycles. The maximum Gasteiger partial charge on any atom is 0 e. The average Bonchev–Trinajstić information content (AvgIpc) is 3.09. The van der Waals surface area contributed by atoms with Crippen LogP contribution in [0.3, 0.4) is 0 Å². The van der Waals surface area contributed by atoms with Crippen molar-refractivity contribution in [3.05, 3.63) is 19.3 Å². The SMILES string of the molecule is [CH-]1CCCC1.[CH-]1CCCC1.[CH-]1CCCC1.[V]. The molecule has 0 heterocycles. The van der Waals surface area contributed by atoms with E-state index in [1.165, 1.54) is 77.0 Å². The molecule has 3 aliphatic carbocycles. The largest absolute Gasteiger partial charge is 0.328 e. The van der Waals surface area contributed by atoms with E-state index in [0.717, 1.165) is 0 Å². The fourth-order valence-corrected chi connectivity index (χ4v) is 2.17. The van der Waals surface area contributed by atoms with Gasteiger partial charge in [-0.15, -0.1) is 0 Å². The van der Waals surface area contributed by atoms with Crippen LogP contribution in [0.1, 0.15) is 77.0 Å². The van der Waals surface area contributed by atoms with Crippen LogP contribution in [0.5, 0.6) is 0 Å². The predicted molar refractivity (Wildman–Crippen MR) is 68.3 cm³/mol. The zero-order valence-corrected chi connectivity index (χ0v) is 12.1. The third-order valence-electron chi connectivity index (χ3n) is 3.20. The molecule has 0 atom stereocenters. The van der Waals surface area contributed by atoms with Crippen LogP contribution in [0.25, 0.3) is 0 Å². The van der Waals surface area contributed by atoms with Gasteiger partial charge >= 0.3 is 0 Å². The monoisotopic (exact) mass is 258 g/mol. The van der Waals surface area contributed by atoms with Crippen LogP contribution in [0.15, 0.2) is 0 Å². The third kappa shape index (κ3) is 11.1. The van der Waals surface area contributed by atoms with Crippen molar-refractivity contribution in [1.29, 1.82) is 0 Å². The Bertz CT molecular complexity index is 64.0. The summed E-state index contributed by atoms with van der Waals surface area (Å²) in [4.78, 5) is 0. The van der Waals surface area contributed by atoms with Gasteiger partial charge in [0.05, 0.1) is 0 Å². The van der Waals surface area contributed by atoms with Gasteiger partial charge in [-0.05, 0) is 0 Å². The minimum atomic E-state index is 0. The molecule has 3 rings (SSSR count). The molecule has 0 spiro atoms. The van der Waals surface area contributed by atoms with Gasteiger partial charge in [-0.1, -0.05) is 38.5 Å². The molecule has 0 aromatic carbocycles. The van der Waals surface area contributed by atoms with Gasteiger partial charge in [-0.3, -0.25) is 0 Å². The average molecular weight is 258 g/mol. The Morgan fingerprint density at radius 2 is 0.562 bits per heavy atom. The van der Waals surface area contributed by atoms with Gasteiger partial charge < -0.3 is 19.3 Å². The summed E-state index contributed by atoms with van der Waals surface area (Å²) < 4.78 is 0. The van der Waals surface area contributed by atoms with Gasteiger partial charge in [0.1, 0.15) is 0 Å². The van der Waals surface area contributed by atoms with Gasteiger partial charge in [-0.2, -0.15) is 38.5 Å². The van der Waals surface area contributed by atoms with E-state index < -0.39 is 0 Å². The van der Waals surface area contributed by atoms with Crippen LogP contribution < -0.4 is 0 Å². The number of hydrogen-bond donors (Lipinski definition) is 0. The molecule has 16 heavy (non-hydrogen) atoms. The van der Waals surface area contributed by atoms with Crippen LogP contribution in [-0.4, -0.2) is 0 Å². The molecular formula is C15H27V-3. The van der Waals surface area contributed by atoms with E-state index in [-0.39, 0.29) is 18.6 Å². The summed E-state index contributed by atoms with van der Waals surface area (Å²) in [7, 11) is 0. The van der Waals surface area contributed by atoms with E-state index >= 15 is 0 Å². The Labute approximate surface area is 115 Å². The van der Waals surface area contributed by atoms with Crippen LogP contribution in [0, 0.1) is 19.3 Å². The fraction of sp³-hybridized carbons (Fsp3) is 0.800. The van der Waals surface area contributed by atoms with E-state index in [9.17, 15) is 0 Å². The molecule has 1 heteroatoms. The van der Waals surface area contributed by atoms with Crippen molar-refractivity contribution in [3.8, 4) is 0 Å². The molecule has 0 nitrogen and oxygen atoms in total. The van der Waals surface area contributed by atoms with E-state index in [2.05, 4.69) is 19.3 Å². The quantitative estimate of drug-likeness (QED) is 0.518. The Morgan fingerprint density at radius 1 is 0.375 bits per heavy atom. The summed E-state index contributed by atoms with van der Waals surface area (Å²) in [6.45, 7) is 0. The van der Waals surface area contributed by atoms with Crippen molar-refractivity contribution >= 4 is 0 Å². The zero-order valence-electron chi connectivity index (χ0n) is 10.7. The van der Waals surface area contributed by atoms with Gasteiger partial charge in [0.2, 0.25) is 0 Å². The van der Waals surface area contributed by atoms with Crippen LogP contribution in [0.4, 0.5) is 0 Å². The fourth-order valence-electron chi connectivity index (χ4n) is 2.17.